The maximum atomic E-state index is 12.4. The number of carbonyl (C=O) groups is 2. The number of carbonyl (C=O) groups excluding carboxylic acids is 2. The molecular weight excluding hydrogens is 296 g/mol. The van der Waals surface area contributed by atoms with E-state index in [4.69, 9.17) is 9.47 Å². The number of nitrogens with one attached hydrogen (secondary N) is 1. The Bertz CT molecular complexity index is 562. The number of aryl methyl sites for hydroxylation is 1. The Balaban J connectivity index is 2.63. The Morgan fingerprint density at radius 1 is 1.22 bits per heavy atom. The molecule has 0 aromatic carbocycles. The predicted octanol–water partition coefficient (Wildman–Crippen LogP) is 2.90. The number of Topliss-reactive ketones (excluding diaryl/α,β-unsaturated/α-hetero) is 1. The van der Waals surface area contributed by atoms with Crippen LogP contribution in [0.4, 0.5) is 4.79 Å². The van der Waals surface area contributed by atoms with Crippen molar-refractivity contribution in [1.29, 1.82) is 0 Å². The van der Waals surface area contributed by atoms with Crippen LogP contribution in [0.25, 0.3) is 0 Å². The van der Waals surface area contributed by atoms with Crippen LogP contribution in [0.2, 0.25) is 0 Å². The van der Waals surface area contributed by atoms with E-state index >= 15 is 0 Å². The Hall–Kier alpha value is -2.11. The summed E-state index contributed by atoms with van der Waals surface area (Å²) in [7, 11) is 1.57. The third kappa shape index (κ3) is 6.26. The number of rotatable bonds is 6. The number of pyridine rings is 1. The molecular formula is C17H26N2O4. The second-order valence-electron chi connectivity index (χ2n) is 6.83. The van der Waals surface area contributed by atoms with Crippen LogP contribution in [0.3, 0.4) is 0 Å². The lowest BCUT2D eigenvalue weighted by Crippen LogP contribution is -2.51. The van der Waals surface area contributed by atoms with Crippen LogP contribution in [0.5, 0.6) is 5.75 Å². The summed E-state index contributed by atoms with van der Waals surface area (Å²) in [5.74, 6) is 0.550. The van der Waals surface area contributed by atoms with Gasteiger partial charge < -0.3 is 14.8 Å². The van der Waals surface area contributed by atoms with E-state index in [1.165, 1.54) is 0 Å². The fraction of sp³-hybridized carbons (Fsp3) is 0.588. The van der Waals surface area contributed by atoms with Crippen molar-refractivity contribution in [3.63, 3.8) is 0 Å². The average molecular weight is 322 g/mol. The maximum absolute atomic E-state index is 12.4. The molecule has 0 aliphatic carbocycles. The Labute approximate surface area is 137 Å². The van der Waals surface area contributed by atoms with Crippen molar-refractivity contribution < 1.29 is 19.1 Å². The molecule has 0 aliphatic rings. The Kier molecular flexibility index (Phi) is 6.12. The summed E-state index contributed by atoms with van der Waals surface area (Å²) >= 11 is 0. The van der Waals surface area contributed by atoms with Gasteiger partial charge in [0.15, 0.2) is 5.78 Å². The standard InChI is InChI=1S/C17H26N2O4/c1-16(2,3)23-15(21)19-17(4,5)14(20)10-9-12-13(22-6)8-7-11-18-12/h7-8,11H,9-10H2,1-6H3,(H,19,21). The van der Waals surface area contributed by atoms with Gasteiger partial charge in [-0.1, -0.05) is 0 Å². The van der Waals surface area contributed by atoms with Crippen molar-refractivity contribution in [2.75, 3.05) is 7.11 Å². The molecule has 1 aromatic rings. The average Bonchev–Trinajstić information content (AvgIpc) is 2.42. The molecule has 1 heterocycles. The lowest BCUT2D eigenvalue weighted by molar-refractivity contribution is -0.124. The molecule has 1 amide bonds. The highest BCUT2D eigenvalue weighted by molar-refractivity contribution is 5.91. The van der Waals surface area contributed by atoms with Crippen LogP contribution in [0.1, 0.15) is 46.7 Å². The number of ether oxygens (including phenoxy) is 2. The molecule has 0 fully saturated rings. The van der Waals surface area contributed by atoms with E-state index in [1.807, 2.05) is 0 Å². The van der Waals surface area contributed by atoms with Gasteiger partial charge in [-0.3, -0.25) is 9.78 Å². The third-order valence-corrected chi connectivity index (χ3v) is 3.17. The SMILES string of the molecule is COc1cccnc1CCC(=O)C(C)(C)NC(=O)OC(C)(C)C. The first-order chi connectivity index (χ1) is 10.5. The molecule has 0 aliphatic heterocycles. The van der Waals surface area contributed by atoms with Gasteiger partial charge >= 0.3 is 6.09 Å². The van der Waals surface area contributed by atoms with Gasteiger partial charge in [-0.15, -0.1) is 0 Å². The van der Waals surface area contributed by atoms with Crippen molar-refractivity contribution in [3.05, 3.63) is 24.0 Å². The molecule has 23 heavy (non-hydrogen) atoms. The summed E-state index contributed by atoms with van der Waals surface area (Å²) in [6.07, 6.45) is 1.75. The molecule has 1 N–H and O–H groups in total. The first-order valence-electron chi connectivity index (χ1n) is 7.57. The Morgan fingerprint density at radius 3 is 2.43 bits per heavy atom. The predicted molar refractivity (Wildman–Crippen MR) is 87.6 cm³/mol. The quantitative estimate of drug-likeness (QED) is 0.871. The van der Waals surface area contributed by atoms with E-state index in [0.29, 0.717) is 12.2 Å². The minimum absolute atomic E-state index is 0.101. The minimum Gasteiger partial charge on any atom is -0.495 e. The lowest BCUT2D eigenvalue weighted by Gasteiger charge is -2.27. The van der Waals surface area contributed by atoms with Crippen molar-refractivity contribution in [1.82, 2.24) is 10.3 Å². The summed E-state index contributed by atoms with van der Waals surface area (Å²) in [6.45, 7) is 8.64. The maximum Gasteiger partial charge on any atom is 0.408 e. The monoisotopic (exact) mass is 322 g/mol. The smallest absolute Gasteiger partial charge is 0.408 e. The molecule has 0 saturated carbocycles. The van der Waals surface area contributed by atoms with E-state index in [2.05, 4.69) is 10.3 Å². The topological polar surface area (TPSA) is 77.5 Å². The van der Waals surface area contributed by atoms with Gasteiger partial charge in [-0.2, -0.15) is 0 Å². The first kappa shape index (κ1) is 18.9. The van der Waals surface area contributed by atoms with Crippen molar-refractivity contribution >= 4 is 11.9 Å². The van der Waals surface area contributed by atoms with Crippen LogP contribution in [-0.4, -0.2) is 35.1 Å². The summed E-state index contributed by atoms with van der Waals surface area (Å²) in [4.78, 5) is 28.5. The highest BCUT2D eigenvalue weighted by Crippen LogP contribution is 2.18. The second-order valence-corrected chi connectivity index (χ2v) is 6.83. The summed E-state index contributed by atoms with van der Waals surface area (Å²) in [5, 5.41) is 2.62. The van der Waals surface area contributed by atoms with Gasteiger partial charge in [0, 0.05) is 19.0 Å². The van der Waals surface area contributed by atoms with Gasteiger partial charge in [0.1, 0.15) is 11.4 Å². The fourth-order valence-corrected chi connectivity index (χ4v) is 1.97. The number of methoxy groups -OCH3 is 1. The number of nitrogens with zero attached hydrogens (tertiary/aromatic N) is 1. The van der Waals surface area contributed by atoms with Gasteiger partial charge in [0.05, 0.1) is 18.3 Å². The normalized spacial score (nSPS) is 11.7. The van der Waals surface area contributed by atoms with Gasteiger partial charge in [0.25, 0.3) is 0 Å². The highest BCUT2D eigenvalue weighted by Gasteiger charge is 2.31. The molecule has 6 nitrogen and oxygen atoms in total. The van der Waals surface area contributed by atoms with Crippen LogP contribution in [0.15, 0.2) is 18.3 Å². The highest BCUT2D eigenvalue weighted by atomic mass is 16.6. The molecule has 0 spiro atoms. The zero-order valence-electron chi connectivity index (χ0n) is 14.7. The molecule has 0 atom stereocenters. The van der Waals surface area contributed by atoms with Crippen molar-refractivity contribution in [3.8, 4) is 5.75 Å². The number of ketones is 1. The fourth-order valence-electron chi connectivity index (χ4n) is 1.97. The zero-order valence-corrected chi connectivity index (χ0v) is 14.7. The number of hydrogen-bond donors (Lipinski definition) is 1. The van der Waals surface area contributed by atoms with Crippen LogP contribution in [-0.2, 0) is 16.0 Å². The van der Waals surface area contributed by atoms with Gasteiger partial charge in [-0.25, -0.2) is 4.79 Å². The summed E-state index contributed by atoms with van der Waals surface area (Å²) in [5.41, 5.74) is -0.897. The van der Waals surface area contributed by atoms with Crippen LogP contribution < -0.4 is 10.1 Å². The number of amides is 1. The molecule has 1 aromatic heterocycles. The van der Waals surface area contributed by atoms with Crippen LogP contribution >= 0.6 is 0 Å². The number of aromatic nitrogens is 1. The summed E-state index contributed by atoms with van der Waals surface area (Å²) < 4.78 is 10.4. The Morgan fingerprint density at radius 2 is 1.87 bits per heavy atom. The number of hydrogen-bond acceptors (Lipinski definition) is 5. The second kappa shape index (κ2) is 7.44. The van der Waals surface area contributed by atoms with E-state index in [-0.39, 0.29) is 12.2 Å². The molecule has 0 radical (unpaired) electrons. The molecule has 0 unspecified atom stereocenters. The van der Waals surface area contributed by atoms with E-state index in [0.717, 1.165) is 5.69 Å². The van der Waals surface area contributed by atoms with Gasteiger partial charge in [-0.05, 0) is 46.8 Å². The molecule has 0 bridgehead atoms. The lowest BCUT2D eigenvalue weighted by atomic mass is 9.95. The summed E-state index contributed by atoms with van der Waals surface area (Å²) in [6, 6.07) is 3.58. The third-order valence-electron chi connectivity index (χ3n) is 3.17. The first-order valence-corrected chi connectivity index (χ1v) is 7.57. The molecule has 6 heteroatoms. The van der Waals surface area contributed by atoms with E-state index in [1.54, 1.807) is 60.1 Å². The largest absolute Gasteiger partial charge is 0.495 e. The van der Waals surface area contributed by atoms with Crippen molar-refractivity contribution in [2.45, 2.75) is 58.6 Å². The minimum atomic E-state index is -1.01. The van der Waals surface area contributed by atoms with Gasteiger partial charge in [0.2, 0.25) is 0 Å². The van der Waals surface area contributed by atoms with Crippen molar-refractivity contribution in [2.24, 2.45) is 0 Å². The molecule has 1 rings (SSSR count). The van der Waals surface area contributed by atoms with E-state index in [9.17, 15) is 9.59 Å². The molecule has 0 saturated heterocycles. The van der Waals surface area contributed by atoms with Crippen LogP contribution in [0, 0.1) is 0 Å². The van der Waals surface area contributed by atoms with E-state index < -0.39 is 17.2 Å². The zero-order chi connectivity index (χ0) is 17.7. The molecule has 128 valence electrons. The number of alkyl carbamates (subject to hydrolysis) is 1.